The van der Waals surface area contributed by atoms with Crippen LogP contribution in [0.1, 0.15) is 26.3 Å². The third-order valence-electron chi connectivity index (χ3n) is 2.84. The highest BCUT2D eigenvalue weighted by molar-refractivity contribution is 5.55. The predicted octanol–water partition coefficient (Wildman–Crippen LogP) is 1.05. The van der Waals surface area contributed by atoms with Gasteiger partial charge in [0, 0.05) is 18.2 Å². The molecule has 90 valence electrons. The molecule has 1 rings (SSSR count). The van der Waals surface area contributed by atoms with Crippen LogP contribution in [0.3, 0.4) is 0 Å². The van der Waals surface area contributed by atoms with Gasteiger partial charge in [0.25, 0.3) is 0 Å². The van der Waals surface area contributed by atoms with E-state index < -0.39 is 0 Å². The van der Waals surface area contributed by atoms with Gasteiger partial charge in [0.2, 0.25) is 0 Å². The van der Waals surface area contributed by atoms with Crippen LogP contribution >= 0.6 is 0 Å². The summed E-state index contributed by atoms with van der Waals surface area (Å²) in [5, 5.41) is 12.3. The van der Waals surface area contributed by atoms with Gasteiger partial charge < -0.3 is 16.2 Å². The summed E-state index contributed by atoms with van der Waals surface area (Å²) in [7, 11) is 0. The largest absolute Gasteiger partial charge is 0.396 e. The zero-order valence-corrected chi connectivity index (χ0v) is 10.1. The van der Waals surface area contributed by atoms with E-state index in [4.69, 9.17) is 10.8 Å². The van der Waals surface area contributed by atoms with Crippen molar-refractivity contribution in [2.24, 2.45) is 5.92 Å². The molecule has 0 amide bonds. The number of nitrogens with one attached hydrogen (secondary N) is 1. The van der Waals surface area contributed by atoms with Crippen molar-refractivity contribution in [3.05, 3.63) is 11.9 Å². The number of aromatic nitrogens is 2. The molecule has 0 aromatic carbocycles. The van der Waals surface area contributed by atoms with Crippen molar-refractivity contribution in [2.45, 2.75) is 33.2 Å². The van der Waals surface area contributed by atoms with Crippen LogP contribution in [-0.4, -0.2) is 27.7 Å². The average Bonchev–Trinajstić information content (AvgIpc) is 2.28. The van der Waals surface area contributed by atoms with Crippen LogP contribution in [-0.2, 0) is 6.42 Å². The van der Waals surface area contributed by atoms with Crippen molar-refractivity contribution >= 4 is 11.6 Å². The van der Waals surface area contributed by atoms with E-state index in [9.17, 15) is 0 Å². The molecule has 0 aliphatic carbocycles. The number of anilines is 2. The highest BCUT2D eigenvalue weighted by Gasteiger charge is 2.14. The van der Waals surface area contributed by atoms with Gasteiger partial charge in [0.05, 0.1) is 0 Å². The topological polar surface area (TPSA) is 84.1 Å². The number of nitrogen functional groups attached to an aromatic ring is 1. The lowest BCUT2D eigenvalue weighted by Gasteiger charge is -2.21. The molecule has 2 atom stereocenters. The van der Waals surface area contributed by atoms with Gasteiger partial charge in [-0.25, -0.2) is 9.97 Å². The molecule has 1 aromatic heterocycles. The second kappa shape index (κ2) is 5.65. The lowest BCUT2D eigenvalue weighted by Crippen LogP contribution is -2.27. The molecule has 0 bridgehead atoms. The van der Waals surface area contributed by atoms with Crippen molar-refractivity contribution < 1.29 is 5.11 Å². The number of hydrogen-bond donors (Lipinski definition) is 3. The minimum Gasteiger partial charge on any atom is -0.396 e. The molecule has 1 heterocycles. The van der Waals surface area contributed by atoms with Crippen LogP contribution in [0.15, 0.2) is 6.33 Å². The third-order valence-corrected chi connectivity index (χ3v) is 2.84. The first-order valence-corrected chi connectivity index (χ1v) is 5.56. The van der Waals surface area contributed by atoms with Crippen LogP contribution in [0.2, 0.25) is 0 Å². The maximum atomic E-state index is 9.07. The summed E-state index contributed by atoms with van der Waals surface area (Å²) < 4.78 is 0. The molecule has 0 fully saturated rings. The van der Waals surface area contributed by atoms with Gasteiger partial charge >= 0.3 is 0 Å². The van der Waals surface area contributed by atoms with Crippen molar-refractivity contribution in [2.75, 3.05) is 17.7 Å². The number of aliphatic hydroxyl groups is 1. The Bertz CT molecular complexity index is 343. The molecule has 0 saturated heterocycles. The number of nitrogens with zero attached hydrogens (tertiary/aromatic N) is 2. The molecule has 0 radical (unpaired) electrons. The lowest BCUT2D eigenvalue weighted by molar-refractivity contribution is 0.226. The summed E-state index contributed by atoms with van der Waals surface area (Å²) in [6.07, 6.45) is 2.24. The van der Waals surface area contributed by atoms with E-state index in [1.807, 2.05) is 20.8 Å². The fraction of sp³-hybridized carbons (Fsp3) is 0.636. The second-order valence-electron chi connectivity index (χ2n) is 4.03. The van der Waals surface area contributed by atoms with Gasteiger partial charge in [-0.2, -0.15) is 0 Å². The van der Waals surface area contributed by atoms with Crippen LogP contribution in [0.25, 0.3) is 0 Å². The molecule has 4 N–H and O–H groups in total. The molecule has 2 unspecified atom stereocenters. The number of rotatable bonds is 5. The smallest absolute Gasteiger partial charge is 0.134 e. The molecule has 16 heavy (non-hydrogen) atoms. The first kappa shape index (κ1) is 12.7. The Morgan fingerprint density at radius 3 is 2.69 bits per heavy atom. The summed E-state index contributed by atoms with van der Waals surface area (Å²) in [5.41, 5.74) is 6.71. The van der Waals surface area contributed by atoms with E-state index >= 15 is 0 Å². The Morgan fingerprint density at radius 1 is 1.44 bits per heavy atom. The Hall–Kier alpha value is -1.36. The summed E-state index contributed by atoms with van der Waals surface area (Å²) in [4.78, 5) is 8.14. The fourth-order valence-corrected chi connectivity index (χ4v) is 1.41. The van der Waals surface area contributed by atoms with E-state index in [1.54, 1.807) is 0 Å². The minimum atomic E-state index is 0.143. The SMILES string of the molecule is CCc1c(N)ncnc1NC(C)C(C)CO. The maximum Gasteiger partial charge on any atom is 0.134 e. The molecule has 0 aliphatic heterocycles. The molecule has 5 heteroatoms. The van der Waals surface area contributed by atoms with E-state index in [0.717, 1.165) is 17.8 Å². The molecule has 0 saturated carbocycles. The maximum absolute atomic E-state index is 9.07. The van der Waals surface area contributed by atoms with E-state index in [1.165, 1.54) is 6.33 Å². The summed E-state index contributed by atoms with van der Waals surface area (Å²) in [5.74, 6) is 1.45. The predicted molar refractivity (Wildman–Crippen MR) is 65.2 cm³/mol. The molecule has 5 nitrogen and oxygen atoms in total. The average molecular weight is 224 g/mol. The lowest BCUT2D eigenvalue weighted by atomic mass is 10.0. The van der Waals surface area contributed by atoms with Crippen LogP contribution in [0, 0.1) is 5.92 Å². The van der Waals surface area contributed by atoms with Crippen LogP contribution < -0.4 is 11.1 Å². The molecule has 0 spiro atoms. The third kappa shape index (κ3) is 2.82. The minimum absolute atomic E-state index is 0.143. The van der Waals surface area contributed by atoms with E-state index in [2.05, 4.69) is 15.3 Å². The van der Waals surface area contributed by atoms with Gasteiger partial charge in [-0.15, -0.1) is 0 Å². The zero-order valence-electron chi connectivity index (χ0n) is 10.1. The van der Waals surface area contributed by atoms with Crippen molar-refractivity contribution in [1.82, 2.24) is 9.97 Å². The monoisotopic (exact) mass is 224 g/mol. The standard InChI is InChI=1S/C11H20N4O/c1-4-9-10(12)13-6-14-11(9)15-8(3)7(2)5-16/h6-8,16H,4-5H2,1-3H3,(H3,12,13,14,15). The van der Waals surface area contributed by atoms with Crippen LogP contribution in [0.5, 0.6) is 0 Å². The quantitative estimate of drug-likeness (QED) is 0.696. The molecule has 1 aromatic rings. The first-order valence-electron chi connectivity index (χ1n) is 5.56. The Balaban J connectivity index is 2.84. The first-order chi connectivity index (χ1) is 7.60. The Morgan fingerprint density at radius 2 is 2.12 bits per heavy atom. The summed E-state index contributed by atoms with van der Waals surface area (Å²) >= 11 is 0. The van der Waals surface area contributed by atoms with Gasteiger partial charge in [-0.3, -0.25) is 0 Å². The van der Waals surface area contributed by atoms with Crippen molar-refractivity contribution in [3.8, 4) is 0 Å². The summed E-state index contributed by atoms with van der Waals surface area (Å²) in [6, 6.07) is 0.143. The second-order valence-corrected chi connectivity index (χ2v) is 4.03. The number of nitrogens with two attached hydrogens (primary N) is 1. The van der Waals surface area contributed by atoms with E-state index in [0.29, 0.717) is 5.82 Å². The van der Waals surface area contributed by atoms with Crippen LogP contribution in [0.4, 0.5) is 11.6 Å². The van der Waals surface area contributed by atoms with Crippen molar-refractivity contribution in [1.29, 1.82) is 0 Å². The molecular formula is C11H20N4O. The van der Waals surface area contributed by atoms with Gasteiger partial charge in [-0.1, -0.05) is 13.8 Å². The highest BCUT2D eigenvalue weighted by atomic mass is 16.3. The highest BCUT2D eigenvalue weighted by Crippen LogP contribution is 2.19. The zero-order chi connectivity index (χ0) is 12.1. The normalized spacial score (nSPS) is 14.5. The molecule has 0 aliphatic rings. The Labute approximate surface area is 96.1 Å². The van der Waals surface area contributed by atoms with E-state index in [-0.39, 0.29) is 18.6 Å². The van der Waals surface area contributed by atoms with Crippen molar-refractivity contribution in [3.63, 3.8) is 0 Å². The summed E-state index contributed by atoms with van der Waals surface area (Å²) in [6.45, 7) is 6.16. The number of aliphatic hydroxyl groups excluding tert-OH is 1. The van der Waals surface area contributed by atoms with Gasteiger partial charge in [0.15, 0.2) is 0 Å². The molecular weight excluding hydrogens is 204 g/mol. The number of hydrogen-bond acceptors (Lipinski definition) is 5. The van der Waals surface area contributed by atoms with Gasteiger partial charge in [-0.05, 0) is 19.3 Å². The van der Waals surface area contributed by atoms with Gasteiger partial charge in [0.1, 0.15) is 18.0 Å². The fourth-order valence-electron chi connectivity index (χ4n) is 1.41. The Kier molecular flexibility index (Phi) is 4.49.